The Labute approximate surface area is 214 Å². The van der Waals surface area contributed by atoms with E-state index < -0.39 is 0 Å². The molecule has 8 nitrogen and oxygen atoms in total. The fourth-order valence-electron chi connectivity index (χ4n) is 5.10. The standard InChI is InChI=1S/C27H28N4O4S/c1-3-12-36-27-29-26-28-20-13-18(16-4-7-19(33-2)8-5-16)14-21(32)24(20)25(31(26)30-27)17-6-9-22-23(15-17)35-11-10-34-22/h4-9,15,18,25H,3,10-14H2,1-2H3,(H,28,29,30). The van der Waals surface area contributed by atoms with Gasteiger partial charge in [0.1, 0.15) is 25.0 Å². The Balaban J connectivity index is 1.41. The van der Waals surface area contributed by atoms with E-state index in [9.17, 15) is 4.79 Å². The minimum absolute atomic E-state index is 0.0824. The first-order valence-corrected chi connectivity index (χ1v) is 13.3. The number of Topliss-reactive ketones (excluding diaryl/α,β-unsaturated/α-hetero) is 1. The molecule has 36 heavy (non-hydrogen) atoms. The van der Waals surface area contributed by atoms with Crippen LogP contribution in [0.1, 0.15) is 49.3 Å². The topological polar surface area (TPSA) is 87.5 Å². The van der Waals surface area contributed by atoms with E-state index in [1.54, 1.807) is 18.9 Å². The summed E-state index contributed by atoms with van der Waals surface area (Å²) >= 11 is 1.63. The van der Waals surface area contributed by atoms with Crippen molar-refractivity contribution in [1.82, 2.24) is 14.8 Å². The highest BCUT2D eigenvalue weighted by atomic mass is 32.2. The molecule has 3 aliphatic rings. The molecule has 2 aromatic carbocycles. The maximum atomic E-state index is 13.8. The van der Waals surface area contributed by atoms with Crippen LogP contribution in [0.4, 0.5) is 5.95 Å². The van der Waals surface area contributed by atoms with Crippen molar-refractivity contribution in [2.24, 2.45) is 0 Å². The summed E-state index contributed by atoms with van der Waals surface area (Å²) in [4.78, 5) is 18.5. The van der Waals surface area contributed by atoms with Gasteiger partial charge in [0.2, 0.25) is 11.1 Å². The van der Waals surface area contributed by atoms with Crippen LogP contribution in [0.2, 0.25) is 0 Å². The fourth-order valence-corrected chi connectivity index (χ4v) is 5.78. The normalized spacial score (nSPS) is 20.4. The van der Waals surface area contributed by atoms with Crippen LogP contribution in [0.25, 0.3) is 0 Å². The van der Waals surface area contributed by atoms with Gasteiger partial charge in [-0.1, -0.05) is 36.9 Å². The van der Waals surface area contributed by atoms with Gasteiger partial charge in [-0.05, 0) is 54.2 Å². The molecule has 186 valence electrons. The lowest BCUT2D eigenvalue weighted by Gasteiger charge is -2.35. The summed E-state index contributed by atoms with van der Waals surface area (Å²) in [6.45, 7) is 3.18. The summed E-state index contributed by atoms with van der Waals surface area (Å²) in [7, 11) is 1.66. The average Bonchev–Trinajstić information content (AvgIpc) is 3.32. The third kappa shape index (κ3) is 4.11. The molecule has 0 saturated carbocycles. The van der Waals surface area contributed by atoms with Gasteiger partial charge in [-0.15, -0.1) is 5.10 Å². The maximum Gasteiger partial charge on any atom is 0.227 e. The van der Waals surface area contributed by atoms with Gasteiger partial charge in [0.15, 0.2) is 17.3 Å². The van der Waals surface area contributed by atoms with E-state index in [-0.39, 0.29) is 17.7 Å². The molecule has 0 fully saturated rings. The molecule has 2 atom stereocenters. The van der Waals surface area contributed by atoms with Crippen LogP contribution in [-0.2, 0) is 4.79 Å². The summed E-state index contributed by atoms with van der Waals surface area (Å²) < 4.78 is 18.7. The second-order valence-corrected chi connectivity index (χ2v) is 10.2. The first-order chi connectivity index (χ1) is 17.6. The predicted molar refractivity (Wildman–Crippen MR) is 137 cm³/mol. The van der Waals surface area contributed by atoms with Crippen LogP contribution in [0.3, 0.4) is 0 Å². The Morgan fingerprint density at radius 3 is 2.64 bits per heavy atom. The second kappa shape index (κ2) is 9.54. The van der Waals surface area contributed by atoms with Gasteiger partial charge in [-0.2, -0.15) is 4.98 Å². The number of methoxy groups -OCH3 is 1. The summed E-state index contributed by atoms with van der Waals surface area (Å²) in [5.41, 5.74) is 3.72. The number of rotatable bonds is 6. The molecule has 2 unspecified atom stereocenters. The number of fused-ring (bicyclic) bond motifs is 2. The molecule has 0 bridgehead atoms. The number of ether oxygens (including phenoxy) is 3. The van der Waals surface area contributed by atoms with Crippen molar-refractivity contribution in [3.8, 4) is 17.2 Å². The van der Waals surface area contributed by atoms with Gasteiger partial charge in [-0.25, -0.2) is 4.68 Å². The first kappa shape index (κ1) is 23.0. The third-order valence-corrected chi connectivity index (χ3v) is 7.85. The zero-order chi connectivity index (χ0) is 24.6. The number of hydrogen-bond acceptors (Lipinski definition) is 8. The summed E-state index contributed by atoms with van der Waals surface area (Å²) in [6, 6.07) is 13.5. The van der Waals surface area contributed by atoms with Crippen molar-refractivity contribution >= 4 is 23.5 Å². The van der Waals surface area contributed by atoms with Gasteiger partial charge in [0, 0.05) is 23.4 Å². The molecule has 3 heterocycles. The molecule has 6 rings (SSSR count). The van der Waals surface area contributed by atoms with Crippen molar-refractivity contribution in [2.45, 2.75) is 43.3 Å². The van der Waals surface area contributed by atoms with E-state index in [4.69, 9.17) is 24.3 Å². The highest BCUT2D eigenvalue weighted by Crippen LogP contribution is 2.46. The Morgan fingerprint density at radius 1 is 1.08 bits per heavy atom. The third-order valence-electron chi connectivity index (χ3n) is 6.80. The van der Waals surface area contributed by atoms with Crippen molar-refractivity contribution < 1.29 is 19.0 Å². The number of aromatic nitrogens is 3. The molecule has 1 N–H and O–H groups in total. The van der Waals surface area contributed by atoms with E-state index in [0.717, 1.165) is 52.5 Å². The number of ketones is 1. The van der Waals surface area contributed by atoms with Crippen LogP contribution < -0.4 is 19.5 Å². The molecular formula is C27H28N4O4S. The number of allylic oxidation sites excluding steroid dienone is 2. The van der Waals surface area contributed by atoms with Gasteiger partial charge < -0.3 is 19.5 Å². The van der Waals surface area contributed by atoms with Crippen LogP contribution in [0, 0.1) is 0 Å². The van der Waals surface area contributed by atoms with Gasteiger partial charge in [0.05, 0.1) is 7.11 Å². The molecule has 0 spiro atoms. The highest BCUT2D eigenvalue weighted by molar-refractivity contribution is 7.99. The quantitative estimate of drug-likeness (QED) is 0.471. The Bertz CT molecular complexity index is 1330. The Morgan fingerprint density at radius 2 is 1.86 bits per heavy atom. The van der Waals surface area contributed by atoms with Gasteiger partial charge in [0.25, 0.3) is 0 Å². The molecule has 3 aromatic rings. The fraction of sp³-hybridized carbons (Fsp3) is 0.370. The number of anilines is 1. The summed E-state index contributed by atoms with van der Waals surface area (Å²) in [5, 5.41) is 8.99. The van der Waals surface area contributed by atoms with Crippen LogP contribution >= 0.6 is 11.8 Å². The molecule has 1 aliphatic carbocycles. The van der Waals surface area contributed by atoms with Gasteiger partial charge >= 0.3 is 0 Å². The van der Waals surface area contributed by atoms with Crippen LogP contribution in [0.5, 0.6) is 17.2 Å². The Kier molecular flexibility index (Phi) is 6.08. The monoisotopic (exact) mass is 504 g/mol. The average molecular weight is 505 g/mol. The highest BCUT2D eigenvalue weighted by Gasteiger charge is 2.40. The largest absolute Gasteiger partial charge is 0.497 e. The summed E-state index contributed by atoms with van der Waals surface area (Å²) in [5.74, 6) is 4.02. The van der Waals surface area contributed by atoms with Crippen LogP contribution in [0.15, 0.2) is 58.9 Å². The van der Waals surface area contributed by atoms with E-state index in [2.05, 4.69) is 12.2 Å². The molecule has 0 amide bonds. The molecular weight excluding hydrogens is 476 g/mol. The summed E-state index contributed by atoms with van der Waals surface area (Å²) in [6.07, 6.45) is 2.19. The van der Waals surface area contributed by atoms with Crippen molar-refractivity contribution in [1.29, 1.82) is 0 Å². The second-order valence-electron chi connectivity index (χ2n) is 9.14. The number of carbonyl (C=O) groups excluding carboxylic acids is 1. The number of nitrogens with one attached hydrogen (secondary N) is 1. The lowest BCUT2D eigenvalue weighted by atomic mass is 9.78. The zero-order valence-electron chi connectivity index (χ0n) is 20.3. The minimum atomic E-state index is -0.375. The first-order valence-electron chi connectivity index (χ1n) is 12.3. The smallest absolute Gasteiger partial charge is 0.227 e. The van der Waals surface area contributed by atoms with Gasteiger partial charge in [-0.3, -0.25) is 4.79 Å². The van der Waals surface area contributed by atoms with Crippen molar-refractivity contribution in [2.75, 3.05) is 31.4 Å². The van der Waals surface area contributed by atoms with Crippen LogP contribution in [-0.4, -0.2) is 46.6 Å². The molecule has 0 saturated heterocycles. The number of benzene rings is 2. The van der Waals surface area contributed by atoms with E-state index in [1.807, 2.05) is 47.1 Å². The molecule has 0 radical (unpaired) electrons. The van der Waals surface area contributed by atoms with E-state index >= 15 is 0 Å². The number of thioether (sulfide) groups is 1. The lowest BCUT2D eigenvalue weighted by Crippen LogP contribution is -2.33. The SMILES string of the molecule is CCCSc1nc2n(n1)C(c1ccc3c(c1)OCCO3)C1=C(CC(c3ccc(OC)cc3)CC1=O)N2. The van der Waals surface area contributed by atoms with E-state index in [0.29, 0.717) is 36.5 Å². The maximum absolute atomic E-state index is 13.8. The predicted octanol–water partition coefficient (Wildman–Crippen LogP) is 4.98. The number of nitrogens with zero attached hydrogens (tertiary/aromatic N) is 3. The molecule has 9 heteroatoms. The molecule has 1 aromatic heterocycles. The minimum Gasteiger partial charge on any atom is -0.497 e. The zero-order valence-corrected chi connectivity index (χ0v) is 21.1. The van der Waals surface area contributed by atoms with Crippen molar-refractivity contribution in [3.05, 3.63) is 64.9 Å². The molecule has 2 aliphatic heterocycles. The lowest BCUT2D eigenvalue weighted by molar-refractivity contribution is -0.116. The number of carbonyl (C=O) groups is 1. The van der Waals surface area contributed by atoms with E-state index in [1.165, 1.54) is 0 Å². The Hall–Kier alpha value is -3.46. The van der Waals surface area contributed by atoms with Crippen molar-refractivity contribution in [3.63, 3.8) is 0 Å². The number of hydrogen-bond donors (Lipinski definition) is 1.